The fraction of sp³-hybridized carbons (Fsp3) is 0.222. The van der Waals surface area contributed by atoms with Crippen molar-refractivity contribution in [3.05, 3.63) is 58.4 Å². The minimum absolute atomic E-state index is 0.0579. The second kappa shape index (κ2) is 8.68. The number of halogens is 5. The number of rotatable bonds is 6. The maximum absolute atomic E-state index is 13.5. The van der Waals surface area contributed by atoms with E-state index in [0.717, 1.165) is 0 Å². The number of hydrazone groups is 1. The predicted molar refractivity (Wildman–Crippen MR) is 90.1 cm³/mol. The number of nitrogens with zero attached hydrogens (tertiary/aromatic N) is 1. The van der Waals surface area contributed by atoms with Crippen molar-refractivity contribution in [2.24, 2.45) is 5.10 Å². The van der Waals surface area contributed by atoms with Gasteiger partial charge >= 0.3 is 0 Å². The van der Waals surface area contributed by atoms with Gasteiger partial charge in [0.1, 0.15) is 0 Å². The molecular weight excluding hydrogens is 387 g/mol. The van der Waals surface area contributed by atoms with Crippen LogP contribution in [0, 0.1) is 29.1 Å². The van der Waals surface area contributed by atoms with Crippen LogP contribution in [0.4, 0.5) is 22.0 Å². The van der Waals surface area contributed by atoms with E-state index in [1.54, 1.807) is 13.8 Å². The molecule has 0 saturated heterocycles. The van der Waals surface area contributed by atoms with Crippen molar-refractivity contribution < 1.29 is 36.2 Å². The van der Waals surface area contributed by atoms with Gasteiger partial charge in [0.25, 0.3) is 5.91 Å². The number of benzene rings is 2. The Morgan fingerprint density at radius 3 is 2.11 bits per heavy atom. The number of methoxy groups -OCH3 is 1. The molecule has 0 aromatic heterocycles. The molecule has 1 amide bonds. The number of ether oxygens (including phenoxy) is 2. The molecule has 0 fully saturated rings. The van der Waals surface area contributed by atoms with Gasteiger partial charge in [0.2, 0.25) is 5.82 Å². The Bertz CT molecular complexity index is 903. The van der Waals surface area contributed by atoms with Gasteiger partial charge in [-0.15, -0.1) is 0 Å². The summed E-state index contributed by atoms with van der Waals surface area (Å²) >= 11 is 0. The summed E-state index contributed by atoms with van der Waals surface area (Å²) in [5.74, 6) is -10.8. The van der Waals surface area contributed by atoms with Crippen molar-refractivity contribution in [2.75, 3.05) is 7.11 Å². The Labute approximate surface area is 156 Å². The van der Waals surface area contributed by atoms with Gasteiger partial charge in [-0.1, -0.05) is 0 Å². The molecule has 0 aliphatic rings. The lowest BCUT2D eigenvalue weighted by Gasteiger charge is -2.14. The van der Waals surface area contributed by atoms with Gasteiger partial charge in [0, 0.05) is 5.56 Å². The van der Waals surface area contributed by atoms with Crippen LogP contribution in [-0.2, 0) is 0 Å². The van der Waals surface area contributed by atoms with E-state index in [4.69, 9.17) is 9.47 Å². The quantitative estimate of drug-likeness (QED) is 0.262. The van der Waals surface area contributed by atoms with Gasteiger partial charge in [-0.2, -0.15) is 5.10 Å². The van der Waals surface area contributed by atoms with Crippen LogP contribution in [0.15, 0.2) is 23.3 Å². The molecule has 0 aliphatic heterocycles. The average molecular weight is 402 g/mol. The molecular formula is C18H15F5N2O3. The summed E-state index contributed by atoms with van der Waals surface area (Å²) in [5.41, 5.74) is 0.705. The summed E-state index contributed by atoms with van der Waals surface area (Å²) in [6, 6.07) is 4.19. The van der Waals surface area contributed by atoms with Crippen LogP contribution >= 0.6 is 0 Å². The van der Waals surface area contributed by atoms with Gasteiger partial charge in [-0.3, -0.25) is 4.79 Å². The summed E-state index contributed by atoms with van der Waals surface area (Å²) in [7, 11) is 1.37. The van der Waals surface area contributed by atoms with Crippen LogP contribution in [0.25, 0.3) is 0 Å². The van der Waals surface area contributed by atoms with Crippen molar-refractivity contribution in [2.45, 2.75) is 20.0 Å². The first-order valence-corrected chi connectivity index (χ1v) is 7.86. The van der Waals surface area contributed by atoms with E-state index in [0.29, 0.717) is 12.0 Å². The molecule has 2 aromatic rings. The SMILES string of the molecule is COc1cc(C(=O)N/N=C\c2c(F)c(F)c(F)c(F)c2F)ccc1OC(C)C. The van der Waals surface area contributed by atoms with Gasteiger partial charge in [0.05, 0.1) is 25.0 Å². The third-order valence-electron chi connectivity index (χ3n) is 3.39. The lowest BCUT2D eigenvalue weighted by molar-refractivity contribution is 0.0954. The summed E-state index contributed by atoms with van der Waals surface area (Å²) in [5, 5.41) is 3.25. The van der Waals surface area contributed by atoms with Crippen LogP contribution in [0.1, 0.15) is 29.8 Å². The first-order valence-electron chi connectivity index (χ1n) is 7.86. The highest BCUT2D eigenvalue weighted by Gasteiger charge is 2.24. The molecule has 0 aliphatic carbocycles. The first-order chi connectivity index (χ1) is 13.2. The monoisotopic (exact) mass is 402 g/mol. The van der Waals surface area contributed by atoms with Crippen molar-refractivity contribution >= 4 is 12.1 Å². The van der Waals surface area contributed by atoms with E-state index in [2.05, 4.69) is 5.10 Å². The van der Waals surface area contributed by atoms with Gasteiger partial charge in [0.15, 0.2) is 34.8 Å². The van der Waals surface area contributed by atoms with E-state index in [1.807, 2.05) is 5.43 Å². The highest BCUT2D eigenvalue weighted by atomic mass is 19.2. The molecule has 0 saturated carbocycles. The maximum Gasteiger partial charge on any atom is 0.271 e. The van der Waals surface area contributed by atoms with Crippen molar-refractivity contribution in [1.29, 1.82) is 0 Å². The number of nitrogens with one attached hydrogen (secondary N) is 1. The van der Waals surface area contributed by atoms with Gasteiger partial charge in [-0.25, -0.2) is 27.4 Å². The number of carbonyl (C=O) groups excluding carboxylic acids is 1. The third kappa shape index (κ3) is 4.38. The minimum Gasteiger partial charge on any atom is -0.493 e. The van der Waals surface area contributed by atoms with Crippen molar-refractivity contribution in [1.82, 2.24) is 5.43 Å². The Morgan fingerprint density at radius 1 is 1.00 bits per heavy atom. The molecule has 0 spiro atoms. The molecule has 0 bridgehead atoms. The molecule has 10 heteroatoms. The summed E-state index contributed by atoms with van der Waals surface area (Å²) in [4.78, 5) is 12.1. The predicted octanol–water partition coefficient (Wildman–Crippen LogP) is 3.94. The summed E-state index contributed by atoms with van der Waals surface area (Å²) < 4.78 is 76.9. The van der Waals surface area contributed by atoms with Crippen molar-refractivity contribution in [3.8, 4) is 11.5 Å². The average Bonchev–Trinajstić information content (AvgIpc) is 2.67. The molecule has 5 nitrogen and oxygen atoms in total. The fourth-order valence-corrected chi connectivity index (χ4v) is 2.12. The standard InChI is InChI=1S/C18H15F5N2O3/c1-8(2)28-11-5-4-9(6-12(11)27-3)18(26)25-24-7-10-13(19)15(21)17(23)16(22)14(10)20/h4-8H,1-3H3,(H,25,26)/b24-7-. The van der Waals surface area contributed by atoms with Crippen molar-refractivity contribution in [3.63, 3.8) is 0 Å². The zero-order valence-corrected chi connectivity index (χ0v) is 14.9. The van der Waals surface area contributed by atoms with Gasteiger partial charge < -0.3 is 9.47 Å². The lowest BCUT2D eigenvalue weighted by Crippen LogP contribution is -2.18. The van der Waals surface area contributed by atoms with E-state index < -0.39 is 40.6 Å². The molecule has 2 rings (SSSR count). The van der Waals surface area contributed by atoms with E-state index in [9.17, 15) is 26.7 Å². The molecule has 0 unspecified atom stereocenters. The van der Waals surface area contributed by atoms with Crippen LogP contribution in [0.3, 0.4) is 0 Å². The van der Waals surface area contributed by atoms with Crippen LogP contribution < -0.4 is 14.9 Å². The van der Waals surface area contributed by atoms with E-state index in [-0.39, 0.29) is 17.4 Å². The smallest absolute Gasteiger partial charge is 0.271 e. The van der Waals surface area contributed by atoms with E-state index in [1.165, 1.54) is 25.3 Å². The van der Waals surface area contributed by atoms with Crippen LogP contribution in [0.2, 0.25) is 0 Å². The summed E-state index contributed by atoms with van der Waals surface area (Å²) in [6.07, 6.45) is 0.182. The van der Waals surface area contributed by atoms with E-state index >= 15 is 0 Å². The Morgan fingerprint density at radius 2 is 1.57 bits per heavy atom. The maximum atomic E-state index is 13.5. The summed E-state index contributed by atoms with van der Waals surface area (Å²) in [6.45, 7) is 3.60. The zero-order chi connectivity index (χ0) is 21.0. The molecule has 0 heterocycles. The Hall–Kier alpha value is -3.17. The molecule has 28 heavy (non-hydrogen) atoms. The molecule has 0 radical (unpaired) electrons. The second-order valence-corrected chi connectivity index (χ2v) is 5.71. The molecule has 0 atom stereocenters. The molecule has 2 aromatic carbocycles. The fourth-order valence-electron chi connectivity index (χ4n) is 2.12. The number of carbonyl (C=O) groups is 1. The van der Waals surface area contributed by atoms with Crippen LogP contribution in [-0.4, -0.2) is 25.3 Å². The second-order valence-electron chi connectivity index (χ2n) is 5.71. The minimum atomic E-state index is -2.29. The van der Waals surface area contributed by atoms with Gasteiger partial charge in [-0.05, 0) is 32.0 Å². The van der Waals surface area contributed by atoms with Crippen LogP contribution in [0.5, 0.6) is 11.5 Å². The lowest BCUT2D eigenvalue weighted by atomic mass is 10.2. The number of hydrogen-bond donors (Lipinski definition) is 1. The largest absolute Gasteiger partial charge is 0.493 e. The highest BCUT2D eigenvalue weighted by molar-refractivity contribution is 5.95. The highest BCUT2D eigenvalue weighted by Crippen LogP contribution is 2.29. The topological polar surface area (TPSA) is 59.9 Å². The zero-order valence-electron chi connectivity index (χ0n) is 14.9. The first kappa shape index (κ1) is 21.1. The Kier molecular flexibility index (Phi) is 6.55. The number of hydrogen-bond acceptors (Lipinski definition) is 4. The number of amides is 1. The third-order valence-corrected chi connectivity index (χ3v) is 3.39. The normalized spacial score (nSPS) is 11.2. The molecule has 150 valence electrons. The molecule has 1 N–H and O–H groups in total. The Balaban J connectivity index is 2.21.